The van der Waals surface area contributed by atoms with E-state index in [9.17, 15) is 4.79 Å². The highest BCUT2D eigenvalue weighted by Gasteiger charge is 2.32. The quantitative estimate of drug-likeness (QED) is 0.766. The fraction of sp³-hybridized carbons (Fsp3) is 0.938. The molecule has 0 heterocycles. The normalized spacial score (nSPS) is 24.7. The molecule has 0 aromatic rings. The Hall–Kier alpha value is -0.570. The molecule has 3 nitrogen and oxygen atoms in total. The molecule has 3 aliphatic carbocycles. The molecule has 0 bridgehead atoms. The van der Waals surface area contributed by atoms with E-state index in [1.54, 1.807) is 0 Å². The third-order valence-electron chi connectivity index (χ3n) is 4.91. The minimum absolute atomic E-state index is 0.259. The highest BCUT2D eigenvalue weighted by Crippen LogP contribution is 2.31. The van der Waals surface area contributed by atoms with E-state index in [1.807, 2.05) is 0 Å². The Bertz CT molecular complexity index is 304. The van der Waals surface area contributed by atoms with Crippen LogP contribution in [0.2, 0.25) is 0 Å². The number of nitrogens with zero attached hydrogens (tertiary/aromatic N) is 1. The summed E-state index contributed by atoms with van der Waals surface area (Å²) in [5.41, 5.74) is 0. The lowest BCUT2D eigenvalue weighted by atomic mass is 9.89. The van der Waals surface area contributed by atoms with Crippen molar-refractivity contribution in [1.29, 1.82) is 0 Å². The molecule has 1 amide bonds. The summed E-state index contributed by atoms with van der Waals surface area (Å²) in [5, 5.41) is 3.11. The van der Waals surface area contributed by atoms with Crippen molar-refractivity contribution in [2.75, 3.05) is 19.6 Å². The van der Waals surface area contributed by atoms with Crippen molar-refractivity contribution in [1.82, 2.24) is 10.2 Å². The molecule has 0 radical (unpaired) electrons. The summed E-state index contributed by atoms with van der Waals surface area (Å²) in [6.07, 6.45) is 12.2. The van der Waals surface area contributed by atoms with E-state index in [0.717, 1.165) is 18.4 Å². The number of hydrogen-bond acceptors (Lipinski definition) is 2. The highest BCUT2D eigenvalue weighted by atomic mass is 16.2. The van der Waals surface area contributed by atoms with Gasteiger partial charge in [-0.1, -0.05) is 19.3 Å². The molecule has 0 atom stereocenters. The molecule has 3 fully saturated rings. The molecule has 3 heteroatoms. The molecule has 0 spiro atoms. The maximum atomic E-state index is 12.0. The molecule has 3 rings (SSSR count). The summed E-state index contributed by atoms with van der Waals surface area (Å²) < 4.78 is 0. The lowest BCUT2D eigenvalue weighted by molar-refractivity contribution is -0.122. The van der Waals surface area contributed by atoms with Crippen molar-refractivity contribution in [2.24, 2.45) is 11.8 Å². The standard InChI is InChI=1S/C16H28N2O/c19-16(17-10-13-6-7-13)12-18(15-8-9-15)11-14-4-2-1-3-5-14/h13-15H,1-12H2,(H,17,19). The van der Waals surface area contributed by atoms with Crippen LogP contribution < -0.4 is 5.32 Å². The van der Waals surface area contributed by atoms with E-state index < -0.39 is 0 Å². The zero-order valence-corrected chi connectivity index (χ0v) is 12.1. The van der Waals surface area contributed by atoms with Crippen LogP contribution in [0.3, 0.4) is 0 Å². The Morgan fingerprint density at radius 3 is 2.32 bits per heavy atom. The number of rotatable bonds is 7. The summed E-state index contributed by atoms with van der Waals surface area (Å²) >= 11 is 0. The summed E-state index contributed by atoms with van der Waals surface area (Å²) in [7, 11) is 0. The molecule has 0 aromatic heterocycles. The number of carbonyl (C=O) groups excluding carboxylic acids is 1. The van der Waals surface area contributed by atoms with Crippen LogP contribution in [0.5, 0.6) is 0 Å². The Balaban J connectivity index is 1.41. The van der Waals surface area contributed by atoms with Crippen molar-refractivity contribution in [3.8, 4) is 0 Å². The third-order valence-corrected chi connectivity index (χ3v) is 4.91. The molecule has 0 aliphatic heterocycles. The van der Waals surface area contributed by atoms with Gasteiger partial charge in [-0.05, 0) is 50.4 Å². The molecular formula is C16H28N2O. The van der Waals surface area contributed by atoms with Crippen molar-refractivity contribution >= 4 is 5.91 Å². The first-order chi connectivity index (χ1) is 9.31. The summed E-state index contributed by atoms with van der Waals surface area (Å²) in [5.74, 6) is 1.90. The minimum Gasteiger partial charge on any atom is -0.355 e. The highest BCUT2D eigenvalue weighted by molar-refractivity contribution is 5.78. The molecule has 3 saturated carbocycles. The second-order valence-corrected chi connectivity index (χ2v) is 6.91. The minimum atomic E-state index is 0.259. The van der Waals surface area contributed by atoms with Gasteiger partial charge in [-0.25, -0.2) is 0 Å². The fourth-order valence-electron chi connectivity index (χ4n) is 3.30. The average molecular weight is 264 g/mol. The van der Waals surface area contributed by atoms with Gasteiger partial charge in [-0.3, -0.25) is 9.69 Å². The first kappa shape index (κ1) is 13.4. The smallest absolute Gasteiger partial charge is 0.234 e. The molecule has 108 valence electrons. The van der Waals surface area contributed by atoms with Crippen LogP contribution >= 0.6 is 0 Å². The largest absolute Gasteiger partial charge is 0.355 e. The number of nitrogens with one attached hydrogen (secondary N) is 1. The molecule has 3 aliphatic rings. The average Bonchev–Trinajstić information content (AvgIpc) is 3.30. The molecule has 0 aromatic carbocycles. The summed E-state index contributed by atoms with van der Waals surface area (Å²) in [4.78, 5) is 14.5. The van der Waals surface area contributed by atoms with E-state index in [2.05, 4.69) is 10.2 Å². The Labute approximate surface area is 117 Å². The monoisotopic (exact) mass is 264 g/mol. The lowest BCUT2D eigenvalue weighted by Gasteiger charge is -2.29. The van der Waals surface area contributed by atoms with E-state index in [-0.39, 0.29) is 5.91 Å². The van der Waals surface area contributed by atoms with Gasteiger partial charge in [-0.15, -0.1) is 0 Å². The maximum absolute atomic E-state index is 12.0. The van der Waals surface area contributed by atoms with Crippen molar-refractivity contribution < 1.29 is 4.79 Å². The van der Waals surface area contributed by atoms with Crippen molar-refractivity contribution in [3.05, 3.63) is 0 Å². The van der Waals surface area contributed by atoms with Crippen LogP contribution in [0, 0.1) is 11.8 Å². The van der Waals surface area contributed by atoms with E-state index in [0.29, 0.717) is 12.6 Å². The van der Waals surface area contributed by atoms with Crippen LogP contribution in [0.25, 0.3) is 0 Å². The zero-order valence-electron chi connectivity index (χ0n) is 12.1. The molecule has 1 N–H and O–H groups in total. The van der Waals surface area contributed by atoms with Crippen LogP contribution in [-0.4, -0.2) is 36.5 Å². The Morgan fingerprint density at radius 2 is 1.68 bits per heavy atom. The van der Waals surface area contributed by atoms with Crippen LogP contribution in [0.1, 0.15) is 57.8 Å². The molecule has 0 unspecified atom stereocenters. The maximum Gasteiger partial charge on any atom is 0.234 e. The third kappa shape index (κ3) is 4.48. The predicted molar refractivity (Wildman–Crippen MR) is 76.9 cm³/mol. The Morgan fingerprint density at radius 1 is 0.947 bits per heavy atom. The topological polar surface area (TPSA) is 32.3 Å². The number of hydrogen-bond donors (Lipinski definition) is 1. The first-order valence-corrected chi connectivity index (χ1v) is 8.32. The van der Waals surface area contributed by atoms with Crippen LogP contribution in [-0.2, 0) is 4.79 Å². The molecule has 19 heavy (non-hydrogen) atoms. The van der Waals surface area contributed by atoms with Crippen LogP contribution in [0.4, 0.5) is 0 Å². The van der Waals surface area contributed by atoms with Gasteiger partial charge in [0.05, 0.1) is 6.54 Å². The summed E-state index contributed by atoms with van der Waals surface area (Å²) in [6.45, 7) is 2.73. The fourth-order valence-corrected chi connectivity index (χ4v) is 3.30. The van der Waals surface area contributed by atoms with Gasteiger partial charge in [0, 0.05) is 19.1 Å². The second kappa shape index (κ2) is 6.25. The number of carbonyl (C=O) groups is 1. The lowest BCUT2D eigenvalue weighted by Crippen LogP contribution is -2.41. The summed E-state index contributed by atoms with van der Waals surface area (Å²) in [6, 6.07) is 0.716. The second-order valence-electron chi connectivity index (χ2n) is 6.91. The van der Waals surface area contributed by atoms with Gasteiger partial charge >= 0.3 is 0 Å². The van der Waals surface area contributed by atoms with E-state index in [1.165, 1.54) is 64.3 Å². The zero-order chi connectivity index (χ0) is 13.1. The van der Waals surface area contributed by atoms with Gasteiger partial charge < -0.3 is 5.32 Å². The van der Waals surface area contributed by atoms with Gasteiger partial charge in [-0.2, -0.15) is 0 Å². The first-order valence-electron chi connectivity index (χ1n) is 8.32. The Kier molecular flexibility index (Phi) is 4.42. The predicted octanol–water partition coefficient (Wildman–Crippen LogP) is 2.56. The van der Waals surface area contributed by atoms with Gasteiger partial charge in [0.15, 0.2) is 0 Å². The number of amides is 1. The van der Waals surface area contributed by atoms with Crippen molar-refractivity contribution in [2.45, 2.75) is 63.8 Å². The van der Waals surface area contributed by atoms with Crippen LogP contribution in [0.15, 0.2) is 0 Å². The SMILES string of the molecule is O=C(CN(CC1CCCCC1)C1CC1)NCC1CC1. The van der Waals surface area contributed by atoms with Gasteiger partial charge in [0.25, 0.3) is 0 Å². The van der Waals surface area contributed by atoms with Crippen molar-refractivity contribution in [3.63, 3.8) is 0 Å². The van der Waals surface area contributed by atoms with E-state index >= 15 is 0 Å². The van der Waals surface area contributed by atoms with Gasteiger partial charge in [0.2, 0.25) is 5.91 Å². The molecular weight excluding hydrogens is 236 g/mol. The molecule has 0 saturated heterocycles. The van der Waals surface area contributed by atoms with E-state index in [4.69, 9.17) is 0 Å². The van der Waals surface area contributed by atoms with Gasteiger partial charge in [0.1, 0.15) is 0 Å².